The Morgan fingerprint density at radius 2 is 1.69 bits per heavy atom. The molecular formula is C26H22N2O4. The van der Waals surface area contributed by atoms with E-state index in [-0.39, 0.29) is 11.5 Å². The number of carbonyl (C=O) groups excluding carboxylic acids is 1. The molecule has 32 heavy (non-hydrogen) atoms. The van der Waals surface area contributed by atoms with Crippen LogP contribution in [0.15, 0.2) is 89.9 Å². The molecule has 0 amide bonds. The molecule has 0 atom stereocenters. The fourth-order valence-corrected chi connectivity index (χ4v) is 3.47. The van der Waals surface area contributed by atoms with E-state index in [1.165, 1.54) is 6.08 Å². The lowest BCUT2D eigenvalue weighted by molar-refractivity contribution is 0.104. The summed E-state index contributed by atoms with van der Waals surface area (Å²) in [5.41, 5.74) is 3.25. The predicted molar refractivity (Wildman–Crippen MR) is 125 cm³/mol. The van der Waals surface area contributed by atoms with E-state index in [0.29, 0.717) is 22.7 Å². The number of aromatic amines is 1. The summed E-state index contributed by atoms with van der Waals surface area (Å²) in [6, 6.07) is 22.0. The van der Waals surface area contributed by atoms with E-state index in [9.17, 15) is 9.59 Å². The molecule has 0 bridgehead atoms. The van der Waals surface area contributed by atoms with Gasteiger partial charge in [-0.2, -0.15) is 0 Å². The van der Waals surface area contributed by atoms with Crippen molar-refractivity contribution in [3.05, 3.63) is 107 Å². The van der Waals surface area contributed by atoms with Gasteiger partial charge in [0.15, 0.2) is 17.3 Å². The molecule has 6 nitrogen and oxygen atoms in total. The minimum absolute atomic E-state index is 0.175. The van der Waals surface area contributed by atoms with Crippen LogP contribution in [-0.2, 0) is 0 Å². The highest BCUT2D eigenvalue weighted by molar-refractivity contribution is 6.07. The van der Waals surface area contributed by atoms with Crippen LogP contribution in [0.4, 0.5) is 0 Å². The number of hydrogen-bond acceptors (Lipinski definition) is 4. The predicted octanol–water partition coefficient (Wildman–Crippen LogP) is 4.75. The molecule has 0 radical (unpaired) electrons. The highest BCUT2D eigenvalue weighted by Crippen LogP contribution is 2.28. The third-order valence-corrected chi connectivity index (χ3v) is 5.07. The van der Waals surface area contributed by atoms with Crippen LogP contribution in [0.2, 0.25) is 0 Å². The van der Waals surface area contributed by atoms with Crippen LogP contribution >= 0.6 is 0 Å². The third-order valence-electron chi connectivity index (χ3n) is 5.07. The smallest absolute Gasteiger partial charge is 0.330 e. The van der Waals surface area contributed by atoms with Crippen LogP contribution in [0.5, 0.6) is 11.5 Å². The average molecular weight is 426 g/mol. The Morgan fingerprint density at radius 1 is 0.906 bits per heavy atom. The van der Waals surface area contributed by atoms with Crippen molar-refractivity contribution in [2.75, 3.05) is 14.2 Å². The van der Waals surface area contributed by atoms with E-state index < -0.39 is 0 Å². The molecule has 4 aromatic rings. The number of methoxy groups -OCH3 is 2. The number of aromatic nitrogens is 2. The molecule has 1 heterocycles. The Morgan fingerprint density at radius 3 is 2.44 bits per heavy atom. The van der Waals surface area contributed by atoms with Crippen molar-refractivity contribution in [2.45, 2.75) is 0 Å². The summed E-state index contributed by atoms with van der Waals surface area (Å²) in [5.74, 6) is 1.03. The zero-order valence-electron chi connectivity index (χ0n) is 17.7. The van der Waals surface area contributed by atoms with Gasteiger partial charge < -0.3 is 14.5 Å². The fourth-order valence-electron chi connectivity index (χ4n) is 3.47. The molecule has 1 N–H and O–H groups in total. The molecule has 0 saturated carbocycles. The van der Waals surface area contributed by atoms with Gasteiger partial charge in [-0.3, -0.25) is 9.36 Å². The molecule has 0 unspecified atom stereocenters. The van der Waals surface area contributed by atoms with Gasteiger partial charge in [0.2, 0.25) is 0 Å². The maximum Gasteiger partial charge on any atom is 0.330 e. The third kappa shape index (κ3) is 4.25. The lowest BCUT2D eigenvalue weighted by Crippen LogP contribution is -2.16. The molecular weight excluding hydrogens is 404 g/mol. The second kappa shape index (κ2) is 9.22. The van der Waals surface area contributed by atoms with Crippen molar-refractivity contribution in [3.8, 4) is 28.4 Å². The van der Waals surface area contributed by atoms with Gasteiger partial charge in [-0.1, -0.05) is 54.6 Å². The zero-order valence-corrected chi connectivity index (χ0v) is 17.7. The first-order valence-corrected chi connectivity index (χ1v) is 10.0. The number of rotatable bonds is 7. The zero-order chi connectivity index (χ0) is 22.5. The first kappa shape index (κ1) is 20.9. The summed E-state index contributed by atoms with van der Waals surface area (Å²) >= 11 is 0. The van der Waals surface area contributed by atoms with Crippen LogP contribution in [0, 0.1) is 0 Å². The van der Waals surface area contributed by atoms with Gasteiger partial charge in [0.05, 0.1) is 25.6 Å². The number of ether oxygens (including phenoxy) is 2. The van der Waals surface area contributed by atoms with E-state index >= 15 is 0 Å². The topological polar surface area (TPSA) is 73.3 Å². The number of hydrogen-bond donors (Lipinski definition) is 1. The lowest BCUT2D eigenvalue weighted by atomic mass is 10.1. The first-order valence-electron chi connectivity index (χ1n) is 10.0. The number of nitrogens with one attached hydrogen (secondary N) is 1. The average Bonchev–Trinajstić information content (AvgIpc) is 3.24. The van der Waals surface area contributed by atoms with Gasteiger partial charge in [0.1, 0.15) is 0 Å². The van der Waals surface area contributed by atoms with E-state index in [4.69, 9.17) is 9.47 Å². The second-order valence-electron chi connectivity index (χ2n) is 7.04. The number of ketones is 1. The Balaban J connectivity index is 1.63. The van der Waals surface area contributed by atoms with Crippen molar-refractivity contribution in [1.82, 2.24) is 9.55 Å². The molecule has 1 aromatic heterocycles. The molecule has 0 aliphatic rings. The molecule has 3 aromatic carbocycles. The summed E-state index contributed by atoms with van der Waals surface area (Å²) in [6.45, 7) is 0. The van der Waals surface area contributed by atoms with Gasteiger partial charge in [0.25, 0.3) is 0 Å². The van der Waals surface area contributed by atoms with Crippen LogP contribution in [0.3, 0.4) is 0 Å². The molecule has 0 fully saturated rings. The van der Waals surface area contributed by atoms with E-state index in [1.54, 1.807) is 67.5 Å². The molecule has 4 rings (SSSR count). The maximum absolute atomic E-state index is 12.8. The molecule has 160 valence electrons. The Hall–Kier alpha value is -4.32. The first-order chi connectivity index (χ1) is 15.6. The van der Waals surface area contributed by atoms with Crippen LogP contribution in [0.25, 0.3) is 23.0 Å². The standard InChI is InChI=1S/C26H22N2O4/c1-31-24-14-12-18(15-25(24)32-2)11-13-23(29)20-9-6-10-21(16-20)28-22(17-27-26(28)30)19-7-4-3-5-8-19/h3-17H,1-2H3,(H,27,30). The van der Waals surface area contributed by atoms with Gasteiger partial charge in [-0.05, 0) is 35.9 Å². The fraction of sp³-hybridized carbons (Fsp3) is 0.0769. The number of imidazole rings is 1. The van der Waals surface area contributed by atoms with E-state index in [1.807, 2.05) is 36.4 Å². The van der Waals surface area contributed by atoms with E-state index in [0.717, 1.165) is 16.8 Å². The summed E-state index contributed by atoms with van der Waals surface area (Å²) in [6.07, 6.45) is 4.89. The normalized spacial score (nSPS) is 10.9. The quantitative estimate of drug-likeness (QED) is 0.342. The second-order valence-corrected chi connectivity index (χ2v) is 7.04. The van der Waals surface area contributed by atoms with Crippen molar-refractivity contribution >= 4 is 11.9 Å². The molecule has 0 aliphatic carbocycles. The monoisotopic (exact) mass is 426 g/mol. The molecule has 0 aliphatic heterocycles. The highest BCUT2D eigenvalue weighted by Gasteiger charge is 2.12. The van der Waals surface area contributed by atoms with Gasteiger partial charge in [0, 0.05) is 17.3 Å². The van der Waals surface area contributed by atoms with Gasteiger partial charge in [-0.15, -0.1) is 0 Å². The number of allylic oxidation sites excluding steroid dienone is 1. The number of carbonyl (C=O) groups is 1. The Labute approximate surface area is 185 Å². The van der Waals surface area contributed by atoms with Crippen molar-refractivity contribution in [3.63, 3.8) is 0 Å². The van der Waals surface area contributed by atoms with Crippen molar-refractivity contribution in [1.29, 1.82) is 0 Å². The van der Waals surface area contributed by atoms with Crippen LogP contribution in [0.1, 0.15) is 15.9 Å². The summed E-state index contributed by atoms with van der Waals surface area (Å²) in [7, 11) is 3.14. The number of benzene rings is 3. The molecule has 6 heteroatoms. The minimum atomic E-state index is -0.269. The van der Waals surface area contributed by atoms with Crippen molar-refractivity contribution in [2.24, 2.45) is 0 Å². The highest BCUT2D eigenvalue weighted by atomic mass is 16.5. The van der Waals surface area contributed by atoms with Crippen LogP contribution in [-0.4, -0.2) is 29.6 Å². The largest absolute Gasteiger partial charge is 0.493 e. The number of nitrogens with zero attached hydrogens (tertiary/aromatic N) is 1. The summed E-state index contributed by atoms with van der Waals surface area (Å²) in [5, 5.41) is 0. The summed E-state index contributed by atoms with van der Waals surface area (Å²) < 4.78 is 12.1. The van der Waals surface area contributed by atoms with E-state index in [2.05, 4.69) is 4.98 Å². The van der Waals surface area contributed by atoms with Crippen LogP contribution < -0.4 is 15.2 Å². The summed E-state index contributed by atoms with van der Waals surface area (Å²) in [4.78, 5) is 28.1. The maximum atomic E-state index is 12.8. The number of H-pyrrole nitrogens is 1. The molecule has 0 saturated heterocycles. The Kier molecular flexibility index (Phi) is 6.03. The molecule has 0 spiro atoms. The SMILES string of the molecule is COc1ccc(C=CC(=O)c2cccc(-n3c(-c4ccccc4)c[nH]c3=O)c2)cc1OC. The minimum Gasteiger partial charge on any atom is -0.493 e. The Bertz CT molecular complexity index is 1330. The van der Waals surface area contributed by atoms with Gasteiger partial charge >= 0.3 is 5.69 Å². The van der Waals surface area contributed by atoms with Gasteiger partial charge in [-0.25, -0.2) is 4.79 Å². The lowest BCUT2D eigenvalue weighted by Gasteiger charge is -2.09. The van der Waals surface area contributed by atoms with Crippen molar-refractivity contribution < 1.29 is 14.3 Å².